The quantitative estimate of drug-likeness (QED) is 0.709. The van der Waals surface area contributed by atoms with Crippen molar-refractivity contribution in [3.63, 3.8) is 0 Å². The van der Waals surface area contributed by atoms with E-state index >= 15 is 0 Å². The minimum atomic E-state index is -5.12. The second kappa shape index (κ2) is 8.82. The van der Waals surface area contributed by atoms with Gasteiger partial charge in [0, 0.05) is 0 Å². The highest BCUT2D eigenvalue weighted by Crippen LogP contribution is 2.41. The third-order valence-electron chi connectivity index (χ3n) is 5.24. The number of rotatable bonds is 6. The van der Waals surface area contributed by atoms with Crippen molar-refractivity contribution in [2.24, 2.45) is 5.10 Å². The summed E-state index contributed by atoms with van der Waals surface area (Å²) in [7, 11) is 1.46. The molecule has 0 bridgehead atoms. The van der Waals surface area contributed by atoms with Gasteiger partial charge >= 0.3 is 6.18 Å². The minimum Gasteiger partial charge on any atom is -0.497 e. The number of hydrogen-bond donors (Lipinski definition) is 1. The molecule has 1 aliphatic heterocycles. The zero-order valence-corrected chi connectivity index (χ0v) is 18.2. The lowest BCUT2D eigenvalue weighted by atomic mass is 10.0. The van der Waals surface area contributed by atoms with E-state index in [9.17, 15) is 23.1 Å². The zero-order valence-electron chi connectivity index (χ0n) is 18.2. The fraction of sp³-hybridized carbons (Fsp3) is 0.391. The summed E-state index contributed by atoms with van der Waals surface area (Å²) in [6, 6.07) is 11.6. The number of methoxy groups -OCH3 is 1. The number of carbonyl (C=O) groups is 1. The van der Waals surface area contributed by atoms with Gasteiger partial charge in [-0.05, 0) is 59.9 Å². The number of hydrogen-bond acceptors (Lipinski definition) is 5. The molecule has 2 aromatic rings. The number of carbonyl (C=O) groups excluding carboxylic acids is 1. The Labute approximate surface area is 184 Å². The first-order valence-electron chi connectivity index (χ1n) is 10.0. The Morgan fingerprint density at radius 2 is 1.88 bits per heavy atom. The first kappa shape index (κ1) is 23.6. The van der Waals surface area contributed by atoms with E-state index in [1.54, 1.807) is 18.2 Å². The van der Waals surface area contributed by atoms with Gasteiger partial charge in [0.15, 0.2) is 6.61 Å². The van der Waals surface area contributed by atoms with E-state index in [1.165, 1.54) is 19.2 Å². The van der Waals surface area contributed by atoms with Gasteiger partial charge in [0.1, 0.15) is 11.5 Å². The van der Waals surface area contributed by atoms with E-state index < -0.39 is 30.8 Å². The average molecular weight is 450 g/mol. The van der Waals surface area contributed by atoms with Crippen molar-refractivity contribution in [3.05, 3.63) is 59.2 Å². The van der Waals surface area contributed by atoms with Crippen LogP contribution in [-0.2, 0) is 4.79 Å². The van der Waals surface area contributed by atoms with Crippen LogP contribution >= 0.6 is 0 Å². The second-order valence-electron chi connectivity index (χ2n) is 7.96. The standard InChI is InChI=1S/C23H25F3N2O4/c1-14(2)18-10-5-15(3)11-20(18)32-13-21(29)28-22(30,23(24,25)26)12-19(27-28)16-6-8-17(31-4)9-7-16/h5-11,14,30H,12-13H2,1-4H3/t22-/m1/s1. The van der Waals surface area contributed by atoms with Crippen molar-refractivity contribution in [1.29, 1.82) is 0 Å². The van der Waals surface area contributed by atoms with Crippen LogP contribution < -0.4 is 9.47 Å². The van der Waals surface area contributed by atoms with Crippen LogP contribution in [-0.4, -0.2) is 47.4 Å². The Morgan fingerprint density at radius 1 is 1.22 bits per heavy atom. The molecule has 0 saturated carbocycles. The van der Waals surface area contributed by atoms with Crippen molar-refractivity contribution in [2.45, 2.75) is 45.0 Å². The lowest BCUT2D eigenvalue weighted by Gasteiger charge is -2.32. The number of halogens is 3. The first-order valence-corrected chi connectivity index (χ1v) is 10.0. The van der Waals surface area contributed by atoms with E-state index in [1.807, 2.05) is 32.9 Å². The predicted octanol–water partition coefficient (Wildman–Crippen LogP) is 4.39. The zero-order chi connectivity index (χ0) is 23.7. The number of benzene rings is 2. The summed E-state index contributed by atoms with van der Waals surface area (Å²) in [5.41, 5.74) is -1.50. The van der Waals surface area contributed by atoms with Gasteiger partial charge in [-0.25, -0.2) is 0 Å². The molecule has 0 fully saturated rings. The van der Waals surface area contributed by atoms with E-state index in [4.69, 9.17) is 9.47 Å². The van der Waals surface area contributed by atoms with Gasteiger partial charge in [0.05, 0.1) is 19.2 Å². The van der Waals surface area contributed by atoms with Gasteiger partial charge in [-0.3, -0.25) is 4.79 Å². The number of ether oxygens (including phenoxy) is 2. The van der Waals surface area contributed by atoms with Gasteiger partial charge in [-0.15, -0.1) is 0 Å². The van der Waals surface area contributed by atoms with Gasteiger partial charge < -0.3 is 14.6 Å². The molecule has 1 atom stereocenters. The molecule has 0 radical (unpaired) electrons. The third kappa shape index (κ3) is 4.57. The Hall–Kier alpha value is -3.07. The van der Waals surface area contributed by atoms with Crippen LogP contribution in [0.1, 0.15) is 42.9 Å². The Balaban J connectivity index is 1.87. The summed E-state index contributed by atoms with van der Waals surface area (Å²) < 4.78 is 51.9. The van der Waals surface area contributed by atoms with Crippen molar-refractivity contribution in [1.82, 2.24) is 5.01 Å². The maximum atomic E-state index is 13.8. The molecule has 1 heterocycles. The molecule has 0 unspecified atom stereocenters. The molecule has 1 aliphatic rings. The van der Waals surface area contributed by atoms with Crippen molar-refractivity contribution in [2.75, 3.05) is 13.7 Å². The molecule has 2 aromatic carbocycles. The van der Waals surface area contributed by atoms with Crippen LogP contribution in [0.3, 0.4) is 0 Å². The summed E-state index contributed by atoms with van der Waals surface area (Å²) in [5.74, 6) is -0.106. The summed E-state index contributed by atoms with van der Waals surface area (Å²) >= 11 is 0. The van der Waals surface area contributed by atoms with E-state index in [0.29, 0.717) is 17.1 Å². The highest BCUT2D eigenvalue weighted by atomic mass is 19.4. The smallest absolute Gasteiger partial charge is 0.438 e. The third-order valence-corrected chi connectivity index (χ3v) is 5.24. The van der Waals surface area contributed by atoms with Gasteiger partial charge in [-0.1, -0.05) is 26.0 Å². The minimum absolute atomic E-state index is 0.0701. The van der Waals surface area contributed by atoms with E-state index in [-0.39, 0.29) is 16.6 Å². The Bertz CT molecular complexity index is 1020. The highest BCUT2D eigenvalue weighted by molar-refractivity contribution is 6.03. The second-order valence-corrected chi connectivity index (χ2v) is 7.96. The number of nitrogens with zero attached hydrogens (tertiary/aromatic N) is 2. The number of hydrazone groups is 1. The molecule has 9 heteroatoms. The van der Waals surface area contributed by atoms with Crippen LogP contribution in [0, 0.1) is 6.92 Å². The fourth-order valence-electron chi connectivity index (χ4n) is 3.42. The Morgan fingerprint density at radius 3 is 2.44 bits per heavy atom. The molecule has 0 spiro atoms. The van der Waals surface area contributed by atoms with Crippen LogP contribution in [0.5, 0.6) is 11.5 Å². The molecule has 1 amide bonds. The summed E-state index contributed by atoms with van der Waals surface area (Å²) in [6.07, 6.45) is -6.01. The van der Waals surface area contributed by atoms with Crippen molar-refractivity contribution >= 4 is 11.6 Å². The molecule has 32 heavy (non-hydrogen) atoms. The molecule has 172 valence electrons. The number of aliphatic hydroxyl groups is 1. The molecule has 1 N–H and O–H groups in total. The lowest BCUT2D eigenvalue weighted by Crippen LogP contribution is -2.57. The average Bonchev–Trinajstić information content (AvgIpc) is 3.11. The van der Waals surface area contributed by atoms with Crippen LogP contribution in [0.2, 0.25) is 0 Å². The maximum absolute atomic E-state index is 13.8. The molecule has 6 nitrogen and oxygen atoms in total. The summed E-state index contributed by atoms with van der Waals surface area (Å²) in [6.45, 7) is 5.01. The predicted molar refractivity (Wildman–Crippen MR) is 113 cm³/mol. The van der Waals surface area contributed by atoms with Crippen molar-refractivity contribution < 1.29 is 32.5 Å². The van der Waals surface area contributed by atoms with Gasteiger partial charge in [0.2, 0.25) is 0 Å². The highest BCUT2D eigenvalue weighted by Gasteiger charge is 2.63. The lowest BCUT2D eigenvalue weighted by molar-refractivity contribution is -0.302. The van der Waals surface area contributed by atoms with E-state index in [2.05, 4.69) is 5.10 Å². The fourth-order valence-corrected chi connectivity index (χ4v) is 3.42. The first-order chi connectivity index (χ1) is 15.0. The van der Waals surface area contributed by atoms with Gasteiger partial charge in [0.25, 0.3) is 11.6 Å². The van der Waals surface area contributed by atoms with Crippen molar-refractivity contribution in [3.8, 4) is 11.5 Å². The number of aryl methyl sites for hydroxylation is 1. The molecular formula is C23H25F3N2O4. The van der Waals surface area contributed by atoms with Crippen LogP contribution in [0.25, 0.3) is 0 Å². The topological polar surface area (TPSA) is 71.4 Å². The monoisotopic (exact) mass is 450 g/mol. The Kier molecular flexibility index (Phi) is 6.50. The van der Waals surface area contributed by atoms with Crippen LogP contribution in [0.15, 0.2) is 47.6 Å². The summed E-state index contributed by atoms with van der Waals surface area (Å²) in [4.78, 5) is 12.7. The van der Waals surface area contributed by atoms with Gasteiger partial charge in [-0.2, -0.15) is 23.3 Å². The molecule has 0 aromatic heterocycles. The molecule has 3 rings (SSSR count). The maximum Gasteiger partial charge on any atom is 0.438 e. The summed E-state index contributed by atoms with van der Waals surface area (Å²) in [5, 5.41) is 14.4. The van der Waals surface area contributed by atoms with E-state index in [0.717, 1.165) is 11.1 Å². The number of amides is 1. The molecule has 0 saturated heterocycles. The SMILES string of the molecule is COc1ccc(C2=NN(C(=O)COc3cc(C)ccc3C(C)C)[C@](O)(C(F)(F)F)C2)cc1. The number of alkyl halides is 3. The largest absolute Gasteiger partial charge is 0.497 e. The van der Waals surface area contributed by atoms with Crippen LogP contribution in [0.4, 0.5) is 13.2 Å². The molecular weight excluding hydrogens is 425 g/mol. The molecule has 0 aliphatic carbocycles. The normalized spacial score (nSPS) is 18.7.